The van der Waals surface area contributed by atoms with Crippen LogP contribution < -0.4 is 0 Å². The third-order valence-electron chi connectivity index (χ3n) is 2.06. The summed E-state index contributed by atoms with van der Waals surface area (Å²) in [5.41, 5.74) is 0.675. The van der Waals surface area contributed by atoms with Crippen LogP contribution in [0.2, 0.25) is 10.0 Å². The number of hydrogen-bond donors (Lipinski definition) is 2. The summed E-state index contributed by atoms with van der Waals surface area (Å²) in [6.07, 6.45) is -0.130. The van der Waals surface area contributed by atoms with E-state index in [9.17, 15) is 4.79 Å². The van der Waals surface area contributed by atoms with Crippen LogP contribution in [-0.4, -0.2) is 22.8 Å². The quantitative estimate of drug-likeness (QED) is 0.862. The number of hydrogen-bond acceptors (Lipinski definition) is 2. The van der Waals surface area contributed by atoms with Gasteiger partial charge in [0.2, 0.25) is 0 Å². The monoisotopic (exact) mass is 248 g/mol. The molecule has 0 spiro atoms. The number of rotatable bonds is 4. The van der Waals surface area contributed by atoms with E-state index < -0.39 is 11.9 Å². The largest absolute Gasteiger partial charge is 0.481 e. The second-order valence-electron chi connectivity index (χ2n) is 3.15. The summed E-state index contributed by atoms with van der Waals surface area (Å²) in [6, 6.07) is 4.83. The lowest BCUT2D eigenvalue weighted by Crippen LogP contribution is -2.10. The van der Waals surface area contributed by atoms with Gasteiger partial charge in [0.25, 0.3) is 0 Å². The molecule has 0 aliphatic heterocycles. The smallest absolute Gasteiger partial charge is 0.304 e. The fourth-order valence-electron chi connectivity index (χ4n) is 1.26. The van der Waals surface area contributed by atoms with E-state index in [0.717, 1.165) is 0 Å². The minimum atomic E-state index is -0.958. The Hall–Kier alpha value is -0.770. The molecule has 0 aliphatic carbocycles. The molecule has 1 rings (SSSR count). The molecule has 0 radical (unpaired) electrons. The van der Waals surface area contributed by atoms with Crippen LogP contribution in [0.15, 0.2) is 18.2 Å². The van der Waals surface area contributed by atoms with Gasteiger partial charge in [-0.1, -0.05) is 29.3 Å². The zero-order valence-electron chi connectivity index (χ0n) is 7.78. The van der Waals surface area contributed by atoms with E-state index >= 15 is 0 Å². The predicted octanol–water partition coefficient (Wildman–Crippen LogP) is 2.54. The van der Waals surface area contributed by atoms with Crippen molar-refractivity contribution in [2.45, 2.75) is 12.3 Å². The van der Waals surface area contributed by atoms with Gasteiger partial charge in [0, 0.05) is 5.92 Å². The summed E-state index contributed by atoms with van der Waals surface area (Å²) in [6.45, 7) is -0.232. The first-order chi connectivity index (χ1) is 7.04. The lowest BCUT2D eigenvalue weighted by molar-refractivity contribution is -0.137. The van der Waals surface area contributed by atoms with E-state index in [0.29, 0.717) is 15.6 Å². The summed E-state index contributed by atoms with van der Waals surface area (Å²) in [4.78, 5) is 10.5. The lowest BCUT2D eigenvalue weighted by Gasteiger charge is -2.12. The number of benzene rings is 1. The Kier molecular flexibility index (Phi) is 4.39. The normalized spacial score (nSPS) is 12.5. The topological polar surface area (TPSA) is 57.5 Å². The van der Waals surface area contributed by atoms with Crippen molar-refractivity contribution >= 4 is 29.2 Å². The molecule has 82 valence electrons. The molecule has 0 heterocycles. The molecule has 2 N–H and O–H groups in total. The van der Waals surface area contributed by atoms with Crippen LogP contribution in [0, 0.1) is 0 Å². The van der Waals surface area contributed by atoms with Crippen LogP contribution >= 0.6 is 23.2 Å². The Labute approximate surface area is 97.2 Å². The Morgan fingerprint density at radius 3 is 2.47 bits per heavy atom. The molecule has 0 aliphatic rings. The Morgan fingerprint density at radius 2 is 2.00 bits per heavy atom. The molecular formula is C10H10Cl2O3. The van der Waals surface area contributed by atoms with Crippen LogP contribution in [0.25, 0.3) is 0 Å². The maximum absolute atomic E-state index is 10.5. The van der Waals surface area contributed by atoms with Gasteiger partial charge in [-0.2, -0.15) is 0 Å². The van der Waals surface area contributed by atoms with E-state index in [4.69, 9.17) is 33.4 Å². The minimum Gasteiger partial charge on any atom is -0.481 e. The molecule has 0 saturated carbocycles. The van der Waals surface area contributed by atoms with Crippen LogP contribution in [0.5, 0.6) is 0 Å². The summed E-state index contributed by atoms with van der Waals surface area (Å²) >= 11 is 11.5. The molecule has 1 aromatic rings. The lowest BCUT2D eigenvalue weighted by atomic mass is 9.97. The molecular weight excluding hydrogens is 239 g/mol. The van der Waals surface area contributed by atoms with Crippen LogP contribution in [0.4, 0.5) is 0 Å². The highest BCUT2D eigenvalue weighted by atomic mass is 35.5. The van der Waals surface area contributed by atoms with E-state index in [-0.39, 0.29) is 13.0 Å². The second-order valence-corrected chi connectivity index (χ2v) is 3.97. The minimum absolute atomic E-state index is 0.130. The molecule has 1 unspecified atom stereocenters. The fourth-order valence-corrected chi connectivity index (χ4v) is 1.57. The summed E-state index contributed by atoms with van der Waals surface area (Å²) in [5.74, 6) is -1.41. The molecule has 0 fully saturated rings. The average Bonchev–Trinajstić information content (AvgIpc) is 2.18. The number of aliphatic carboxylic acids is 1. The van der Waals surface area contributed by atoms with E-state index in [1.165, 1.54) is 0 Å². The van der Waals surface area contributed by atoms with E-state index in [1.54, 1.807) is 18.2 Å². The first-order valence-corrected chi connectivity index (χ1v) is 5.07. The molecule has 0 amide bonds. The van der Waals surface area contributed by atoms with Gasteiger partial charge in [-0.05, 0) is 17.7 Å². The van der Waals surface area contributed by atoms with Crippen molar-refractivity contribution in [1.29, 1.82) is 0 Å². The van der Waals surface area contributed by atoms with Crippen molar-refractivity contribution in [3.8, 4) is 0 Å². The number of aliphatic hydroxyl groups is 1. The van der Waals surface area contributed by atoms with E-state index in [1.807, 2.05) is 0 Å². The van der Waals surface area contributed by atoms with Gasteiger partial charge >= 0.3 is 5.97 Å². The van der Waals surface area contributed by atoms with Crippen molar-refractivity contribution in [2.24, 2.45) is 0 Å². The molecule has 15 heavy (non-hydrogen) atoms. The van der Waals surface area contributed by atoms with Crippen molar-refractivity contribution in [2.75, 3.05) is 6.61 Å². The van der Waals surface area contributed by atoms with Crippen molar-refractivity contribution in [1.82, 2.24) is 0 Å². The summed E-state index contributed by atoms with van der Waals surface area (Å²) < 4.78 is 0. The SMILES string of the molecule is O=C(O)CC(CO)c1ccc(Cl)c(Cl)c1. The summed E-state index contributed by atoms with van der Waals surface area (Å²) in [5, 5.41) is 18.4. The molecule has 0 saturated heterocycles. The van der Waals surface area contributed by atoms with Crippen LogP contribution in [0.1, 0.15) is 17.9 Å². The molecule has 0 aromatic heterocycles. The Balaban J connectivity index is 2.92. The summed E-state index contributed by atoms with van der Waals surface area (Å²) in [7, 11) is 0. The molecule has 3 nitrogen and oxygen atoms in total. The van der Waals surface area contributed by atoms with Crippen LogP contribution in [0.3, 0.4) is 0 Å². The zero-order valence-corrected chi connectivity index (χ0v) is 9.29. The maximum Gasteiger partial charge on any atom is 0.304 e. The first-order valence-electron chi connectivity index (χ1n) is 4.32. The predicted molar refractivity (Wildman–Crippen MR) is 58.5 cm³/mol. The average molecular weight is 249 g/mol. The highest BCUT2D eigenvalue weighted by molar-refractivity contribution is 6.42. The number of carbonyl (C=O) groups is 1. The van der Waals surface area contributed by atoms with Gasteiger partial charge in [-0.25, -0.2) is 0 Å². The molecule has 1 atom stereocenters. The highest BCUT2D eigenvalue weighted by Gasteiger charge is 2.15. The highest BCUT2D eigenvalue weighted by Crippen LogP contribution is 2.27. The van der Waals surface area contributed by atoms with Gasteiger partial charge in [0.05, 0.1) is 23.1 Å². The number of halogens is 2. The maximum atomic E-state index is 10.5. The molecule has 1 aromatic carbocycles. The Bertz CT molecular complexity index is 366. The fraction of sp³-hybridized carbons (Fsp3) is 0.300. The van der Waals surface area contributed by atoms with Gasteiger partial charge in [0.1, 0.15) is 0 Å². The number of carboxylic acids is 1. The van der Waals surface area contributed by atoms with Gasteiger partial charge in [-0.15, -0.1) is 0 Å². The third-order valence-corrected chi connectivity index (χ3v) is 2.80. The number of carboxylic acid groups (broad SMARTS) is 1. The van der Waals surface area contributed by atoms with Gasteiger partial charge < -0.3 is 10.2 Å². The van der Waals surface area contributed by atoms with E-state index in [2.05, 4.69) is 0 Å². The van der Waals surface area contributed by atoms with Crippen molar-refractivity contribution in [3.63, 3.8) is 0 Å². The van der Waals surface area contributed by atoms with Gasteiger partial charge in [0.15, 0.2) is 0 Å². The van der Waals surface area contributed by atoms with Gasteiger partial charge in [-0.3, -0.25) is 4.79 Å². The van der Waals surface area contributed by atoms with Crippen LogP contribution in [-0.2, 0) is 4.79 Å². The standard InChI is InChI=1S/C10H10Cl2O3/c11-8-2-1-6(3-9(8)12)7(5-13)4-10(14)15/h1-3,7,13H,4-5H2,(H,14,15). The third kappa shape index (κ3) is 3.38. The zero-order chi connectivity index (χ0) is 11.4. The second kappa shape index (κ2) is 5.35. The molecule has 0 bridgehead atoms. The first kappa shape index (κ1) is 12.3. The van der Waals surface area contributed by atoms with Crippen molar-refractivity contribution in [3.05, 3.63) is 33.8 Å². The molecule has 5 heteroatoms. The van der Waals surface area contributed by atoms with Crippen molar-refractivity contribution < 1.29 is 15.0 Å². The Morgan fingerprint density at radius 1 is 1.33 bits per heavy atom. The number of aliphatic hydroxyl groups excluding tert-OH is 1.